The van der Waals surface area contributed by atoms with Gasteiger partial charge in [0.25, 0.3) is 0 Å². The minimum absolute atomic E-state index is 0. The molecule has 1 aromatic rings. The number of benzene rings is 1. The van der Waals surface area contributed by atoms with E-state index in [1.165, 1.54) is 0 Å². The summed E-state index contributed by atoms with van der Waals surface area (Å²) >= 11 is 0. The standard InChI is InChI=1S/C7H6O3.Na/c8-7(9)10-6-4-2-1-3-5-6;/h1-5H,(H,8,9);. The molecule has 0 atom stereocenters. The van der Waals surface area contributed by atoms with Gasteiger partial charge in [-0.3, -0.25) is 0 Å². The van der Waals surface area contributed by atoms with Gasteiger partial charge in [-0.2, -0.15) is 0 Å². The van der Waals surface area contributed by atoms with Gasteiger partial charge in [0.05, 0.1) is 0 Å². The largest absolute Gasteiger partial charge is 0.511 e. The van der Waals surface area contributed by atoms with Crippen molar-refractivity contribution in [2.75, 3.05) is 0 Å². The van der Waals surface area contributed by atoms with Crippen LogP contribution in [0.3, 0.4) is 0 Å². The fourth-order valence-corrected chi connectivity index (χ4v) is 0.589. The summed E-state index contributed by atoms with van der Waals surface area (Å²) in [5.41, 5.74) is 0. The maximum absolute atomic E-state index is 9.95. The molecule has 4 heteroatoms. The van der Waals surface area contributed by atoms with E-state index in [-0.39, 0.29) is 29.6 Å². The van der Waals surface area contributed by atoms with E-state index in [9.17, 15) is 4.79 Å². The van der Waals surface area contributed by atoms with E-state index in [1.54, 1.807) is 30.3 Å². The minimum atomic E-state index is -1.29. The second-order valence-corrected chi connectivity index (χ2v) is 1.68. The zero-order valence-electron chi connectivity index (χ0n) is 6.15. The molecule has 0 saturated heterocycles. The van der Waals surface area contributed by atoms with Gasteiger partial charge in [0.1, 0.15) is 5.75 Å². The van der Waals surface area contributed by atoms with Crippen molar-refractivity contribution >= 4 is 35.7 Å². The molecule has 0 heterocycles. The summed E-state index contributed by atoms with van der Waals surface area (Å²) < 4.78 is 4.33. The third-order valence-electron chi connectivity index (χ3n) is 0.948. The molecule has 1 radical (unpaired) electrons. The quantitative estimate of drug-likeness (QED) is 0.384. The smallest absolute Gasteiger partial charge is 0.449 e. The van der Waals surface area contributed by atoms with E-state index in [2.05, 4.69) is 4.74 Å². The van der Waals surface area contributed by atoms with Gasteiger partial charge >= 0.3 is 6.16 Å². The van der Waals surface area contributed by atoms with Crippen molar-refractivity contribution in [3.05, 3.63) is 30.3 Å². The van der Waals surface area contributed by atoms with Crippen molar-refractivity contribution in [2.45, 2.75) is 0 Å². The van der Waals surface area contributed by atoms with Gasteiger partial charge in [0, 0.05) is 29.6 Å². The molecule has 1 N–H and O–H groups in total. The number of ether oxygens (including phenoxy) is 1. The molecule has 0 unspecified atom stereocenters. The van der Waals surface area contributed by atoms with Gasteiger partial charge in [-0.15, -0.1) is 0 Å². The Kier molecular flexibility index (Phi) is 4.94. The molecular weight excluding hydrogens is 155 g/mol. The van der Waals surface area contributed by atoms with Crippen LogP contribution in [0.2, 0.25) is 0 Å². The summed E-state index contributed by atoms with van der Waals surface area (Å²) in [6.45, 7) is 0. The van der Waals surface area contributed by atoms with E-state index in [0.29, 0.717) is 5.75 Å². The number of para-hydroxylation sites is 1. The van der Waals surface area contributed by atoms with Crippen LogP contribution in [-0.2, 0) is 0 Å². The van der Waals surface area contributed by atoms with E-state index < -0.39 is 6.16 Å². The molecule has 0 aliphatic heterocycles. The Morgan fingerprint density at radius 1 is 1.27 bits per heavy atom. The molecule has 0 aromatic heterocycles. The Bertz CT molecular complexity index is 222. The summed E-state index contributed by atoms with van der Waals surface area (Å²) in [6, 6.07) is 8.35. The molecule has 0 bridgehead atoms. The van der Waals surface area contributed by atoms with Crippen molar-refractivity contribution in [3.8, 4) is 5.75 Å². The van der Waals surface area contributed by atoms with Crippen LogP contribution in [0.4, 0.5) is 4.79 Å². The third kappa shape index (κ3) is 4.03. The van der Waals surface area contributed by atoms with Crippen LogP contribution in [0.1, 0.15) is 0 Å². The van der Waals surface area contributed by atoms with Crippen LogP contribution < -0.4 is 4.74 Å². The molecule has 11 heavy (non-hydrogen) atoms. The Balaban J connectivity index is 0.000001000. The number of hydrogen-bond acceptors (Lipinski definition) is 2. The van der Waals surface area contributed by atoms with Gasteiger partial charge in [-0.05, 0) is 12.1 Å². The predicted molar refractivity (Wildman–Crippen MR) is 40.8 cm³/mol. The predicted octanol–water partition coefficient (Wildman–Crippen LogP) is 1.36. The number of carboxylic acid groups (broad SMARTS) is 1. The van der Waals surface area contributed by atoms with E-state index >= 15 is 0 Å². The molecule has 53 valence electrons. The Morgan fingerprint density at radius 3 is 2.27 bits per heavy atom. The monoisotopic (exact) mass is 161 g/mol. The van der Waals surface area contributed by atoms with Gasteiger partial charge in [-0.1, -0.05) is 18.2 Å². The SMILES string of the molecule is O=C(O)Oc1ccccc1.[Na]. The molecule has 0 aliphatic carbocycles. The second kappa shape index (κ2) is 5.18. The second-order valence-electron chi connectivity index (χ2n) is 1.68. The van der Waals surface area contributed by atoms with Gasteiger partial charge in [0.2, 0.25) is 0 Å². The number of hydrogen-bond donors (Lipinski definition) is 1. The molecule has 0 aliphatic rings. The number of rotatable bonds is 1. The normalized spacial score (nSPS) is 8.00. The molecule has 1 rings (SSSR count). The van der Waals surface area contributed by atoms with E-state index in [1.807, 2.05) is 0 Å². The number of carbonyl (C=O) groups is 1. The van der Waals surface area contributed by atoms with Gasteiger partial charge in [-0.25, -0.2) is 4.79 Å². The van der Waals surface area contributed by atoms with Gasteiger partial charge < -0.3 is 9.84 Å². The van der Waals surface area contributed by atoms with Gasteiger partial charge in [0.15, 0.2) is 0 Å². The average molecular weight is 161 g/mol. The fraction of sp³-hybridized carbons (Fsp3) is 0. The molecule has 0 spiro atoms. The summed E-state index contributed by atoms with van der Waals surface area (Å²) in [6.07, 6.45) is -1.29. The summed E-state index contributed by atoms with van der Waals surface area (Å²) in [7, 11) is 0. The maximum atomic E-state index is 9.95. The maximum Gasteiger partial charge on any atom is 0.511 e. The first-order valence-corrected chi connectivity index (χ1v) is 2.75. The first-order chi connectivity index (χ1) is 4.79. The molecule has 0 saturated carbocycles. The van der Waals surface area contributed by atoms with Crippen molar-refractivity contribution in [3.63, 3.8) is 0 Å². The average Bonchev–Trinajstić information content (AvgIpc) is 1.88. The van der Waals surface area contributed by atoms with Crippen LogP contribution in [0.5, 0.6) is 5.75 Å². The first kappa shape index (κ1) is 10.5. The molecule has 1 aromatic carbocycles. The summed E-state index contributed by atoms with van der Waals surface area (Å²) in [4.78, 5) is 9.95. The van der Waals surface area contributed by atoms with Crippen LogP contribution in [0, 0.1) is 0 Å². The van der Waals surface area contributed by atoms with E-state index in [0.717, 1.165) is 0 Å². The van der Waals surface area contributed by atoms with Crippen LogP contribution in [-0.4, -0.2) is 40.8 Å². The summed E-state index contributed by atoms with van der Waals surface area (Å²) in [5, 5.41) is 8.14. The molecule has 0 amide bonds. The van der Waals surface area contributed by atoms with Crippen LogP contribution in [0.15, 0.2) is 30.3 Å². The van der Waals surface area contributed by atoms with Crippen molar-refractivity contribution in [1.29, 1.82) is 0 Å². The third-order valence-corrected chi connectivity index (χ3v) is 0.948. The molecular formula is C7H6NaO3. The molecule has 3 nitrogen and oxygen atoms in total. The Morgan fingerprint density at radius 2 is 1.82 bits per heavy atom. The minimum Gasteiger partial charge on any atom is -0.449 e. The van der Waals surface area contributed by atoms with Crippen LogP contribution in [0.25, 0.3) is 0 Å². The fourth-order valence-electron chi connectivity index (χ4n) is 0.589. The Labute approximate surface area is 86.3 Å². The first-order valence-electron chi connectivity index (χ1n) is 2.75. The van der Waals surface area contributed by atoms with Crippen molar-refractivity contribution in [2.24, 2.45) is 0 Å². The topological polar surface area (TPSA) is 46.5 Å². The Hall–Kier alpha value is -0.510. The summed E-state index contributed by atoms with van der Waals surface area (Å²) in [5.74, 6) is 0.343. The van der Waals surface area contributed by atoms with Crippen molar-refractivity contribution in [1.82, 2.24) is 0 Å². The van der Waals surface area contributed by atoms with E-state index in [4.69, 9.17) is 5.11 Å². The molecule has 0 fully saturated rings. The van der Waals surface area contributed by atoms with Crippen molar-refractivity contribution < 1.29 is 14.6 Å². The zero-order chi connectivity index (χ0) is 7.40. The zero-order valence-corrected chi connectivity index (χ0v) is 8.15. The van der Waals surface area contributed by atoms with Crippen LogP contribution >= 0.6 is 0 Å².